The first-order chi connectivity index (χ1) is 14.7. The molecule has 0 bridgehead atoms. The number of sulfonamides is 1. The van der Waals surface area contributed by atoms with Crippen LogP contribution in [0.4, 0.5) is 17.1 Å². The van der Waals surface area contributed by atoms with Gasteiger partial charge in [0.15, 0.2) is 0 Å². The van der Waals surface area contributed by atoms with Crippen LogP contribution >= 0.6 is 11.6 Å². The molecule has 0 heterocycles. The normalized spacial score (nSPS) is 10.9. The topological polar surface area (TPSA) is 128 Å². The molecule has 0 unspecified atom stereocenters. The van der Waals surface area contributed by atoms with Gasteiger partial charge in [0.25, 0.3) is 21.6 Å². The lowest BCUT2D eigenvalue weighted by Crippen LogP contribution is -2.16. The van der Waals surface area contributed by atoms with Crippen molar-refractivity contribution in [1.29, 1.82) is 0 Å². The highest BCUT2D eigenvalue weighted by molar-refractivity contribution is 7.92. The van der Waals surface area contributed by atoms with Crippen LogP contribution in [0.15, 0.2) is 71.6 Å². The smallest absolute Gasteiger partial charge is 0.270 e. The molecule has 0 aliphatic carbocycles. The van der Waals surface area contributed by atoms with Crippen LogP contribution < -0.4 is 14.8 Å². The van der Waals surface area contributed by atoms with Crippen LogP contribution in [0.3, 0.4) is 0 Å². The van der Waals surface area contributed by atoms with Crippen molar-refractivity contribution >= 4 is 44.6 Å². The number of para-hydroxylation sites is 1. The molecule has 11 heteroatoms. The molecule has 0 atom stereocenters. The Hall–Kier alpha value is -3.63. The minimum atomic E-state index is -4.12. The lowest BCUT2D eigenvalue weighted by atomic mass is 10.2. The molecule has 1 amide bonds. The summed E-state index contributed by atoms with van der Waals surface area (Å²) in [5.41, 5.74) is 0.132. The van der Waals surface area contributed by atoms with Crippen LogP contribution in [-0.2, 0) is 10.0 Å². The molecule has 31 heavy (non-hydrogen) atoms. The number of benzene rings is 3. The van der Waals surface area contributed by atoms with Gasteiger partial charge < -0.3 is 10.1 Å². The third-order valence-corrected chi connectivity index (χ3v) is 5.86. The zero-order chi connectivity index (χ0) is 22.6. The molecule has 0 saturated heterocycles. The van der Waals surface area contributed by atoms with Gasteiger partial charge >= 0.3 is 0 Å². The Morgan fingerprint density at radius 2 is 1.81 bits per heavy atom. The summed E-state index contributed by atoms with van der Waals surface area (Å²) in [6, 6.07) is 15.5. The van der Waals surface area contributed by atoms with E-state index in [4.69, 9.17) is 16.3 Å². The standard InChI is InChI=1S/C20H16ClN3O6S/c1-30-18-10-9-14(22-20(25)13-5-4-6-15(11-13)24(26)27)12-19(18)31(28,29)23-17-8-3-2-7-16(17)21/h2-12,23H,1H3,(H,22,25). The summed E-state index contributed by atoms with van der Waals surface area (Å²) in [4.78, 5) is 22.6. The van der Waals surface area contributed by atoms with Crippen molar-refractivity contribution in [2.45, 2.75) is 4.90 Å². The van der Waals surface area contributed by atoms with Crippen molar-refractivity contribution in [2.75, 3.05) is 17.1 Å². The van der Waals surface area contributed by atoms with E-state index < -0.39 is 20.9 Å². The highest BCUT2D eigenvalue weighted by Crippen LogP contribution is 2.31. The van der Waals surface area contributed by atoms with Crippen molar-refractivity contribution in [3.05, 3.63) is 87.4 Å². The van der Waals surface area contributed by atoms with Gasteiger partial charge in [0.05, 0.1) is 22.7 Å². The van der Waals surface area contributed by atoms with Gasteiger partial charge in [-0.1, -0.05) is 29.8 Å². The Morgan fingerprint density at radius 1 is 1.06 bits per heavy atom. The fourth-order valence-electron chi connectivity index (χ4n) is 2.67. The number of methoxy groups -OCH3 is 1. The Balaban J connectivity index is 1.92. The van der Waals surface area contributed by atoms with Gasteiger partial charge in [0.2, 0.25) is 0 Å². The number of ether oxygens (including phenoxy) is 1. The van der Waals surface area contributed by atoms with Crippen molar-refractivity contribution in [2.24, 2.45) is 0 Å². The number of halogens is 1. The van der Waals surface area contributed by atoms with Gasteiger partial charge in [-0.25, -0.2) is 8.42 Å². The average Bonchev–Trinajstić information content (AvgIpc) is 2.75. The second-order valence-electron chi connectivity index (χ2n) is 6.21. The number of nitrogens with one attached hydrogen (secondary N) is 2. The molecular weight excluding hydrogens is 446 g/mol. The number of non-ortho nitro benzene ring substituents is 1. The highest BCUT2D eigenvalue weighted by atomic mass is 35.5. The summed E-state index contributed by atoms with van der Waals surface area (Å²) < 4.78 is 33.4. The van der Waals surface area contributed by atoms with E-state index in [1.54, 1.807) is 12.1 Å². The Bertz CT molecular complexity index is 1260. The Labute approximate surface area is 182 Å². The molecular formula is C20H16ClN3O6S. The van der Waals surface area contributed by atoms with Crippen LogP contribution in [0.1, 0.15) is 10.4 Å². The summed E-state index contributed by atoms with van der Waals surface area (Å²) in [6.45, 7) is 0. The number of nitrogens with zero attached hydrogens (tertiary/aromatic N) is 1. The van der Waals surface area contributed by atoms with Crippen LogP contribution in [0, 0.1) is 10.1 Å². The number of amides is 1. The number of rotatable bonds is 7. The van der Waals surface area contributed by atoms with Gasteiger partial charge in [-0.2, -0.15) is 0 Å². The van der Waals surface area contributed by atoms with E-state index in [0.29, 0.717) is 0 Å². The van der Waals surface area contributed by atoms with Gasteiger partial charge in [-0.3, -0.25) is 19.6 Å². The molecule has 0 aliphatic heterocycles. The maximum Gasteiger partial charge on any atom is 0.270 e. The van der Waals surface area contributed by atoms with Crippen molar-refractivity contribution in [3.63, 3.8) is 0 Å². The van der Waals surface area contributed by atoms with Crippen molar-refractivity contribution in [3.8, 4) is 5.75 Å². The maximum atomic E-state index is 12.9. The number of anilines is 2. The second kappa shape index (κ2) is 9.02. The first-order valence-electron chi connectivity index (χ1n) is 8.72. The van der Waals surface area contributed by atoms with E-state index in [-0.39, 0.29) is 38.3 Å². The molecule has 0 aliphatic rings. The van der Waals surface area contributed by atoms with Crippen molar-refractivity contribution < 1.29 is 22.9 Å². The second-order valence-corrected chi connectivity index (χ2v) is 8.27. The summed E-state index contributed by atoms with van der Waals surface area (Å²) in [7, 11) is -2.81. The Kier molecular flexibility index (Phi) is 6.42. The number of hydrogen-bond acceptors (Lipinski definition) is 6. The SMILES string of the molecule is COc1ccc(NC(=O)c2cccc([N+](=O)[O-])c2)cc1S(=O)(=O)Nc1ccccc1Cl. The molecule has 0 saturated carbocycles. The fourth-order valence-corrected chi connectivity index (χ4v) is 4.19. The molecule has 160 valence electrons. The fraction of sp³-hybridized carbons (Fsp3) is 0.0500. The van der Waals surface area contributed by atoms with Gasteiger partial charge in [-0.05, 0) is 36.4 Å². The van der Waals surface area contributed by atoms with E-state index in [1.165, 1.54) is 55.6 Å². The van der Waals surface area contributed by atoms with E-state index >= 15 is 0 Å². The van der Waals surface area contributed by atoms with E-state index in [1.807, 2.05) is 0 Å². The monoisotopic (exact) mass is 461 g/mol. The maximum absolute atomic E-state index is 12.9. The van der Waals surface area contributed by atoms with Gasteiger partial charge in [0, 0.05) is 23.4 Å². The van der Waals surface area contributed by atoms with Crippen LogP contribution in [-0.4, -0.2) is 26.4 Å². The molecule has 2 N–H and O–H groups in total. The van der Waals surface area contributed by atoms with E-state index in [0.717, 1.165) is 6.07 Å². The summed E-state index contributed by atoms with van der Waals surface area (Å²) in [5.74, 6) is -0.593. The first kappa shape index (κ1) is 22.1. The predicted octanol–water partition coefficient (Wildman–Crippen LogP) is 4.31. The summed E-state index contributed by atoms with van der Waals surface area (Å²) in [5, 5.41) is 13.6. The van der Waals surface area contributed by atoms with E-state index in [9.17, 15) is 23.3 Å². The Morgan fingerprint density at radius 3 is 2.48 bits per heavy atom. The third kappa shape index (κ3) is 5.11. The zero-order valence-electron chi connectivity index (χ0n) is 16.0. The number of nitro groups is 1. The minimum absolute atomic E-state index is 0.0450. The minimum Gasteiger partial charge on any atom is -0.495 e. The van der Waals surface area contributed by atoms with Crippen LogP contribution in [0.25, 0.3) is 0 Å². The van der Waals surface area contributed by atoms with Gasteiger partial charge in [0.1, 0.15) is 10.6 Å². The van der Waals surface area contributed by atoms with E-state index in [2.05, 4.69) is 10.0 Å². The summed E-state index contributed by atoms with van der Waals surface area (Å²) in [6.07, 6.45) is 0. The molecule has 3 aromatic carbocycles. The first-order valence-corrected chi connectivity index (χ1v) is 10.6. The molecule has 0 radical (unpaired) electrons. The largest absolute Gasteiger partial charge is 0.495 e. The van der Waals surface area contributed by atoms with Crippen LogP contribution in [0.2, 0.25) is 5.02 Å². The molecule has 3 aromatic rings. The number of carbonyl (C=O) groups excluding carboxylic acids is 1. The molecule has 9 nitrogen and oxygen atoms in total. The highest BCUT2D eigenvalue weighted by Gasteiger charge is 2.22. The lowest BCUT2D eigenvalue weighted by Gasteiger charge is -2.14. The summed E-state index contributed by atoms with van der Waals surface area (Å²) >= 11 is 6.03. The number of hydrogen-bond donors (Lipinski definition) is 2. The zero-order valence-corrected chi connectivity index (χ0v) is 17.6. The molecule has 3 rings (SSSR count). The number of nitro benzene ring substituents is 1. The van der Waals surface area contributed by atoms with Crippen molar-refractivity contribution in [1.82, 2.24) is 0 Å². The molecule has 0 spiro atoms. The van der Waals surface area contributed by atoms with Crippen LogP contribution in [0.5, 0.6) is 5.75 Å². The lowest BCUT2D eigenvalue weighted by molar-refractivity contribution is -0.384. The quantitative estimate of drug-likeness (QED) is 0.398. The van der Waals surface area contributed by atoms with Gasteiger partial charge in [-0.15, -0.1) is 0 Å². The molecule has 0 aromatic heterocycles. The number of carbonyl (C=O) groups is 1. The third-order valence-electron chi connectivity index (χ3n) is 4.15. The predicted molar refractivity (Wildman–Crippen MR) is 116 cm³/mol. The molecule has 0 fully saturated rings. The average molecular weight is 462 g/mol.